The molecular formula is C7H9NO3. The summed E-state index contributed by atoms with van der Waals surface area (Å²) in [7, 11) is 1.51. The lowest BCUT2D eigenvalue weighted by Crippen LogP contribution is -2.06. The lowest BCUT2D eigenvalue weighted by Gasteiger charge is -1.98. The van der Waals surface area contributed by atoms with Crippen LogP contribution in [0.1, 0.15) is 0 Å². The summed E-state index contributed by atoms with van der Waals surface area (Å²) in [6, 6.07) is 1.68. The summed E-state index contributed by atoms with van der Waals surface area (Å²) < 4.78 is 9.21. The molecule has 11 heavy (non-hydrogen) atoms. The number of hydrogen-bond acceptors (Lipinski definition) is 4. The van der Waals surface area contributed by atoms with Gasteiger partial charge in [0.2, 0.25) is 0 Å². The van der Waals surface area contributed by atoms with Gasteiger partial charge in [0.25, 0.3) is 0 Å². The molecular weight excluding hydrogens is 146 g/mol. The highest BCUT2D eigenvalue weighted by atomic mass is 16.6. The summed E-state index contributed by atoms with van der Waals surface area (Å²) in [6.45, 7) is 0.581. The highest BCUT2D eigenvalue weighted by Crippen LogP contribution is 1.81. The number of nitrogens with zero attached hydrogens (tertiary/aromatic N) is 1. The van der Waals surface area contributed by atoms with Crippen molar-refractivity contribution in [3.63, 3.8) is 0 Å². The molecule has 0 unspecified atom stereocenters. The molecule has 0 atom stereocenters. The largest absolute Gasteiger partial charge is 0.460 e. The monoisotopic (exact) mass is 155 g/mol. The van der Waals surface area contributed by atoms with Gasteiger partial charge >= 0.3 is 5.97 Å². The Balaban J connectivity index is 3.39. The fraction of sp³-hybridized carbons (Fsp3) is 0.429. The first kappa shape index (κ1) is 9.66. The van der Waals surface area contributed by atoms with Crippen molar-refractivity contribution in [2.75, 3.05) is 20.3 Å². The van der Waals surface area contributed by atoms with Crippen molar-refractivity contribution in [1.82, 2.24) is 0 Å². The molecule has 0 rings (SSSR count). The van der Waals surface area contributed by atoms with Gasteiger partial charge in [-0.05, 0) is 0 Å². The molecule has 0 aliphatic carbocycles. The van der Waals surface area contributed by atoms with Crippen LogP contribution >= 0.6 is 0 Å². The van der Waals surface area contributed by atoms with Gasteiger partial charge in [-0.3, -0.25) is 0 Å². The third-order valence-electron chi connectivity index (χ3n) is 0.826. The normalized spacial score (nSPS) is 9.45. The number of rotatable bonds is 4. The number of esters is 1. The maximum atomic E-state index is 10.6. The van der Waals surface area contributed by atoms with Crippen molar-refractivity contribution in [2.24, 2.45) is 0 Å². The van der Waals surface area contributed by atoms with Crippen LogP contribution in [0.2, 0.25) is 0 Å². The summed E-state index contributed by atoms with van der Waals surface area (Å²) in [5, 5.41) is 8.02. The van der Waals surface area contributed by atoms with E-state index in [2.05, 4.69) is 9.47 Å². The topological polar surface area (TPSA) is 59.3 Å². The van der Waals surface area contributed by atoms with E-state index in [4.69, 9.17) is 5.26 Å². The number of carbonyl (C=O) groups is 1. The molecule has 0 N–H and O–H groups in total. The molecule has 0 aromatic heterocycles. The van der Waals surface area contributed by atoms with Crippen LogP contribution in [0.25, 0.3) is 0 Å². The number of methoxy groups -OCH3 is 1. The Morgan fingerprint density at radius 1 is 1.64 bits per heavy atom. The zero-order valence-corrected chi connectivity index (χ0v) is 6.24. The number of hydrogen-bond donors (Lipinski definition) is 0. The maximum absolute atomic E-state index is 10.6. The first-order chi connectivity index (χ1) is 5.31. The molecule has 0 amide bonds. The maximum Gasteiger partial charge on any atom is 0.331 e. The Bertz CT molecular complexity index is 181. The Hall–Kier alpha value is -1.34. The second-order valence-electron chi connectivity index (χ2n) is 1.62. The van der Waals surface area contributed by atoms with Crippen LogP contribution in [0.5, 0.6) is 0 Å². The summed E-state index contributed by atoms with van der Waals surface area (Å²) in [4.78, 5) is 10.6. The molecule has 0 aromatic rings. The van der Waals surface area contributed by atoms with Gasteiger partial charge in [-0.2, -0.15) is 5.26 Å². The van der Waals surface area contributed by atoms with E-state index in [0.29, 0.717) is 6.61 Å². The lowest BCUT2D eigenvalue weighted by molar-refractivity contribution is -0.138. The zero-order chi connectivity index (χ0) is 8.53. The molecule has 0 saturated heterocycles. The van der Waals surface area contributed by atoms with Crippen molar-refractivity contribution in [3.05, 3.63) is 12.2 Å². The molecule has 0 aromatic carbocycles. The number of allylic oxidation sites excluding steroid dienone is 1. The van der Waals surface area contributed by atoms with Crippen LogP contribution in [0.15, 0.2) is 12.2 Å². The minimum atomic E-state index is -0.524. The standard InChI is InChI=1S/C7H9NO3/c1-10-5-6-11-7(9)3-2-4-8/h2-3H,5-6H2,1H3. The summed E-state index contributed by atoms with van der Waals surface area (Å²) >= 11 is 0. The predicted molar refractivity (Wildman–Crippen MR) is 37.6 cm³/mol. The lowest BCUT2D eigenvalue weighted by atomic mass is 10.5. The van der Waals surface area contributed by atoms with Gasteiger partial charge in [0.15, 0.2) is 0 Å². The number of nitriles is 1. The van der Waals surface area contributed by atoms with Crippen molar-refractivity contribution in [2.45, 2.75) is 0 Å². The van der Waals surface area contributed by atoms with Crippen molar-refractivity contribution in [3.8, 4) is 6.07 Å². The SMILES string of the molecule is COCCOC(=O)C=CC#N. The van der Waals surface area contributed by atoms with Crippen LogP contribution in [-0.4, -0.2) is 26.3 Å². The van der Waals surface area contributed by atoms with Gasteiger partial charge < -0.3 is 9.47 Å². The van der Waals surface area contributed by atoms with Gasteiger partial charge in [-0.25, -0.2) is 4.79 Å². The minimum absolute atomic E-state index is 0.213. The Morgan fingerprint density at radius 3 is 2.91 bits per heavy atom. The third kappa shape index (κ3) is 6.55. The van der Waals surface area contributed by atoms with Crippen LogP contribution in [-0.2, 0) is 14.3 Å². The Morgan fingerprint density at radius 2 is 2.36 bits per heavy atom. The van der Waals surface area contributed by atoms with Gasteiger partial charge in [0.05, 0.1) is 12.7 Å². The van der Waals surface area contributed by atoms with E-state index in [9.17, 15) is 4.79 Å². The molecule has 4 heteroatoms. The summed E-state index contributed by atoms with van der Waals surface area (Å²) in [6.07, 6.45) is 2.13. The molecule has 0 heterocycles. The van der Waals surface area contributed by atoms with Gasteiger partial charge in [0.1, 0.15) is 6.61 Å². The third-order valence-corrected chi connectivity index (χ3v) is 0.826. The quantitative estimate of drug-likeness (QED) is 0.253. The smallest absolute Gasteiger partial charge is 0.331 e. The van der Waals surface area contributed by atoms with Crippen LogP contribution < -0.4 is 0 Å². The van der Waals surface area contributed by atoms with Crippen LogP contribution in [0, 0.1) is 11.3 Å². The fourth-order valence-corrected chi connectivity index (χ4v) is 0.379. The van der Waals surface area contributed by atoms with Crippen LogP contribution in [0.3, 0.4) is 0 Å². The minimum Gasteiger partial charge on any atom is -0.460 e. The molecule has 0 fully saturated rings. The molecule has 0 aliphatic heterocycles. The molecule has 0 saturated carbocycles. The number of carbonyl (C=O) groups excluding carboxylic acids is 1. The average Bonchev–Trinajstić information content (AvgIpc) is 2.01. The van der Waals surface area contributed by atoms with E-state index < -0.39 is 5.97 Å². The van der Waals surface area contributed by atoms with Crippen LogP contribution in [0.4, 0.5) is 0 Å². The second kappa shape index (κ2) is 6.78. The number of ether oxygens (including phenoxy) is 2. The van der Waals surface area contributed by atoms with E-state index in [1.165, 1.54) is 7.11 Å². The van der Waals surface area contributed by atoms with Gasteiger partial charge in [-0.1, -0.05) is 0 Å². The molecule has 0 bridgehead atoms. The predicted octanol–water partition coefficient (Wildman–Crippen LogP) is 0.256. The molecule has 60 valence electrons. The van der Waals surface area contributed by atoms with Crippen molar-refractivity contribution in [1.29, 1.82) is 5.26 Å². The highest BCUT2D eigenvalue weighted by Gasteiger charge is 1.93. The van der Waals surface area contributed by atoms with E-state index >= 15 is 0 Å². The molecule has 4 nitrogen and oxygen atoms in total. The zero-order valence-electron chi connectivity index (χ0n) is 6.24. The van der Waals surface area contributed by atoms with Gasteiger partial charge in [0, 0.05) is 19.3 Å². The first-order valence-electron chi connectivity index (χ1n) is 3.03. The van der Waals surface area contributed by atoms with Gasteiger partial charge in [-0.15, -0.1) is 0 Å². The van der Waals surface area contributed by atoms with E-state index in [-0.39, 0.29) is 6.61 Å². The van der Waals surface area contributed by atoms with E-state index in [0.717, 1.165) is 12.2 Å². The Kier molecular flexibility index (Phi) is 5.95. The van der Waals surface area contributed by atoms with E-state index in [1.54, 1.807) is 6.07 Å². The molecule has 0 spiro atoms. The highest BCUT2D eigenvalue weighted by molar-refractivity contribution is 5.82. The van der Waals surface area contributed by atoms with Crippen molar-refractivity contribution < 1.29 is 14.3 Å². The van der Waals surface area contributed by atoms with E-state index in [1.807, 2.05) is 0 Å². The van der Waals surface area contributed by atoms with Crippen molar-refractivity contribution >= 4 is 5.97 Å². The first-order valence-corrected chi connectivity index (χ1v) is 3.03. The summed E-state index contributed by atoms with van der Waals surface area (Å²) in [5.41, 5.74) is 0. The fourth-order valence-electron chi connectivity index (χ4n) is 0.379. The molecule has 0 radical (unpaired) electrons. The second-order valence-corrected chi connectivity index (χ2v) is 1.62. The Labute approximate surface area is 65.0 Å². The molecule has 0 aliphatic rings. The summed E-state index contributed by atoms with van der Waals surface area (Å²) in [5.74, 6) is -0.524. The average molecular weight is 155 g/mol.